The van der Waals surface area contributed by atoms with Gasteiger partial charge in [-0.15, -0.1) is 11.8 Å². The molecule has 1 fully saturated rings. The average Bonchev–Trinajstić information content (AvgIpc) is 3.25. The molecule has 0 bridgehead atoms. The van der Waals surface area contributed by atoms with Gasteiger partial charge in [-0.2, -0.15) is 0 Å². The van der Waals surface area contributed by atoms with Gasteiger partial charge in [0.2, 0.25) is 0 Å². The summed E-state index contributed by atoms with van der Waals surface area (Å²) in [6.07, 6.45) is 7.88. The molecule has 180 valence electrons. The van der Waals surface area contributed by atoms with Crippen molar-refractivity contribution in [3.63, 3.8) is 0 Å². The number of carboxylic acids is 1. The lowest BCUT2D eigenvalue weighted by atomic mass is 9.94. The number of carbonyl (C=O) groups excluding carboxylic acids is 1. The minimum Gasteiger partial charge on any atom is -0.494 e. The molecule has 1 aromatic carbocycles. The zero-order valence-electron chi connectivity index (χ0n) is 19.3. The number of nitrogens with one attached hydrogen (secondary N) is 1. The van der Waals surface area contributed by atoms with Crippen LogP contribution in [0.5, 0.6) is 5.75 Å². The Morgan fingerprint density at radius 3 is 2.82 bits per heavy atom. The van der Waals surface area contributed by atoms with Crippen LogP contribution in [0.3, 0.4) is 0 Å². The second-order valence-corrected chi connectivity index (χ2v) is 10.8. The number of thiazole rings is 1. The van der Waals surface area contributed by atoms with Crippen LogP contribution >= 0.6 is 23.1 Å². The second kappa shape index (κ2) is 12.8. The molecule has 3 rings (SSSR count). The van der Waals surface area contributed by atoms with E-state index >= 15 is 0 Å². The molecule has 0 aliphatic heterocycles. The summed E-state index contributed by atoms with van der Waals surface area (Å²) in [7, 11) is 0. The van der Waals surface area contributed by atoms with Crippen LogP contribution in [0.1, 0.15) is 63.9 Å². The lowest BCUT2D eigenvalue weighted by Gasteiger charge is -2.34. The Morgan fingerprint density at radius 2 is 2.09 bits per heavy atom. The van der Waals surface area contributed by atoms with Crippen molar-refractivity contribution < 1.29 is 19.4 Å². The topological polar surface area (TPSA) is 91.8 Å². The predicted octanol–water partition coefficient (Wildman–Crippen LogP) is 6.08. The molecule has 7 nitrogen and oxygen atoms in total. The number of benzene rings is 1. The summed E-state index contributed by atoms with van der Waals surface area (Å²) in [4.78, 5) is 30.0. The zero-order valence-corrected chi connectivity index (χ0v) is 20.9. The van der Waals surface area contributed by atoms with Gasteiger partial charge < -0.3 is 14.7 Å². The van der Waals surface area contributed by atoms with Gasteiger partial charge in [0.15, 0.2) is 5.13 Å². The largest absolute Gasteiger partial charge is 0.494 e. The van der Waals surface area contributed by atoms with E-state index in [2.05, 4.69) is 36.3 Å². The van der Waals surface area contributed by atoms with Crippen LogP contribution in [0.25, 0.3) is 0 Å². The maximum absolute atomic E-state index is 13.1. The van der Waals surface area contributed by atoms with Gasteiger partial charge in [-0.25, -0.2) is 9.78 Å². The number of amides is 2. The average molecular weight is 492 g/mol. The molecule has 1 saturated carbocycles. The molecule has 0 unspecified atom stereocenters. The molecule has 0 saturated heterocycles. The van der Waals surface area contributed by atoms with E-state index in [9.17, 15) is 9.59 Å². The first-order valence-corrected chi connectivity index (χ1v) is 13.3. The Labute approximate surface area is 203 Å². The molecular weight excluding hydrogens is 458 g/mol. The maximum atomic E-state index is 13.1. The Kier molecular flexibility index (Phi) is 9.87. The number of thioether (sulfide) groups is 1. The molecule has 33 heavy (non-hydrogen) atoms. The number of aromatic nitrogens is 1. The van der Waals surface area contributed by atoms with Crippen molar-refractivity contribution in [2.24, 2.45) is 0 Å². The third kappa shape index (κ3) is 8.23. The van der Waals surface area contributed by atoms with E-state index < -0.39 is 5.97 Å². The van der Waals surface area contributed by atoms with Crippen LogP contribution in [0, 0.1) is 0 Å². The number of nitrogens with zero attached hydrogens (tertiary/aromatic N) is 2. The molecule has 2 aromatic rings. The third-order valence-electron chi connectivity index (χ3n) is 5.65. The van der Waals surface area contributed by atoms with Gasteiger partial charge in [0, 0.05) is 12.6 Å². The van der Waals surface area contributed by atoms with Crippen molar-refractivity contribution >= 4 is 40.2 Å². The van der Waals surface area contributed by atoms with Crippen molar-refractivity contribution in [1.29, 1.82) is 0 Å². The molecule has 2 amide bonds. The maximum Gasteiger partial charge on any atom is 0.323 e. The number of anilines is 1. The molecule has 1 heterocycles. The summed E-state index contributed by atoms with van der Waals surface area (Å²) in [6, 6.07) is 8.26. The van der Waals surface area contributed by atoms with Crippen LogP contribution < -0.4 is 10.1 Å². The summed E-state index contributed by atoms with van der Waals surface area (Å²) in [5.41, 5.74) is 1.25. The van der Waals surface area contributed by atoms with E-state index in [-0.39, 0.29) is 17.8 Å². The van der Waals surface area contributed by atoms with Crippen molar-refractivity contribution in [1.82, 2.24) is 9.88 Å². The highest BCUT2D eigenvalue weighted by molar-refractivity contribution is 8.01. The first kappa shape index (κ1) is 25.4. The monoisotopic (exact) mass is 491 g/mol. The minimum atomic E-state index is -0.874. The fraction of sp³-hybridized carbons (Fsp3) is 0.542. The first-order valence-electron chi connectivity index (χ1n) is 11.5. The number of urea groups is 1. The molecular formula is C24H33N3O4S2. The van der Waals surface area contributed by atoms with Crippen LogP contribution in [-0.2, 0) is 4.79 Å². The van der Waals surface area contributed by atoms with Crippen molar-refractivity contribution in [3.05, 3.63) is 36.0 Å². The Balaban J connectivity index is 1.55. The van der Waals surface area contributed by atoms with Gasteiger partial charge in [-0.1, -0.05) is 56.6 Å². The smallest absolute Gasteiger partial charge is 0.323 e. The van der Waals surface area contributed by atoms with Crippen LogP contribution in [0.2, 0.25) is 0 Å². The quantitative estimate of drug-likeness (QED) is 0.292. The molecule has 0 spiro atoms. The lowest BCUT2D eigenvalue weighted by Crippen LogP contribution is -2.44. The van der Waals surface area contributed by atoms with Gasteiger partial charge in [-0.3, -0.25) is 10.1 Å². The fourth-order valence-electron chi connectivity index (χ4n) is 3.91. The van der Waals surface area contributed by atoms with E-state index in [1.165, 1.54) is 35.1 Å². The van der Waals surface area contributed by atoms with Crippen molar-refractivity contribution in [3.8, 4) is 5.75 Å². The summed E-state index contributed by atoms with van der Waals surface area (Å²) >= 11 is 2.51. The van der Waals surface area contributed by atoms with Crippen LogP contribution in [0.15, 0.2) is 34.7 Å². The highest BCUT2D eigenvalue weighted by Crippen LogP contribution is 2.29. The number of ether oxygens (including phenoxy) is 1. The Hall–Kier alpha value is -2.26. The van der Waals surface area contributed by atoms with Crippen LogP contribution in [-0.4, -0.2) is 51.9 Å². The molecule has 2 N–H and O–H groups in total. The minimum absolute atomic E-state index is 0.0240. The number of rotatable bonds is 11. The molecule has 1 aliphatic carbocycles. The lowest BCUT2D eigenvalue weighted by molar-refractivity contribution is -0.133. The van der Waals surface area contributed by atoms with Crippen molar-refractivity contribution in [2.75, 3.05) is 24.2 Å². The Bertz CT molecular complexity index is 913. The third-order valence-corrected chi connectivity index (χ3v) is 7.74. The highest BCUT2D eigenvalue weighted by Gasteiger charge is 2.26. The Morgan fingerprint density at radius 1 is 1.30 bits per heavy atom. The van der Waals surface area contributed by atoms with E-state index in [4.69, 9.17) is 9.84 Å². The van der Waals surface area contributed by atoms with Crippen LogP contribution in [0.4, 0.5) is 9.93 Å². The fourth-order valence-corrected chi connectivity index (χ4v) is 5.49. The van der Waals surface area contributed by atoms with Gasteiger partial charge in [0.05, 0.1) is 22.8 Å². The van der Waals surface area contributed by atoms with E-state index in [1.807, 2.05) is 17.0 Å². The summed E-state index contributed by atoms with van der Waals surface area (Å²) in [5, 5.41) is 12.2. The number of hydrogen-bond acceptors (Lipinski definition) is 6. The SMILES string of the molecule is CC(C)c1cccc(OCCCN(C(=O)Nc2ncc(SCC(=O)O)s2)C2CCCCC2)c1. The molecule has 0 radical (unpaired) electrons. The van der Waals surface area contributed by atoms with E-state index in [0.717, 1.165) is 42.1 Å². The number of hydrogen-bond donors (Lipinski definition) is 2. The van der Waals surface area contributed by atoms with Gasteiger partial charge in [0.1, 0.15) is 5.75 Å². The standard InChI is InChI=1S/C24H33N3O4S2/c1-17(2)18-8-6-11-20(14-18)31-13-7-12-27(19-9-4-3-5-10-19)24(30)26-23-25-15-22(33-23)32-16-21(28)29/h6,8,11,14-15,17,19H,3-5,7,9-10,12-13,16H2,1-2H3,(H,28,29)(H,25,26,30). The first-order chi connectivity index (χ1) is 15.9. The van der Waals surface area contributed by atoms with E-state index in [1.54, 1.807) is 6.20 Å². The summed E-state index contributed by atoms with van der Waals surface area (Å²) < 4.78 is 6.73. The molecule has 0 atom stereocenters. The normalized spacial score (nSPS) is 14.3. The number of aliphatic carboxylic acids is 1. The van der Waals surface area contributed by atoms with Gasteiger partial charge >= 0.3 is 12.0 Å². The number of carbonyl (C=O) groups is 2. The van der Waals surface area contributed by atoms with E-state index in [0.29, 0.717) is 24.2 Å². The molecule has 1 aliphatic rings. The second-order valence-electron chi connectivity index (χ2n) is 8.51. The molecule has 9 heteroatoms. The van der Waals surface area contributed by atoms with Gasteiger partial charge in [0.25, 0.3) is 0 Å². The van der Waals surface area contributed by atoms with Crippen molar-refractivity contribution in [2.45, 2.75) is 68.5 Å². The molecule has 1 aromatic heterocycles. The van der Waals surface area contributed by atoms with Gasteiger partial charge in [-0.05, 0) is 42.9 Å². The number of carboxylic acid groups (broad SMARTS) is 1. The predicted molar refractivity (Wildman–Crippen MR) is 134 cm³/mol. The highest BCUT2D eigenvalue weighted by atomic mass is 32.2. The summed E-state index contributed by atoms with van der Waals surface area (Å²) in [6.45, 7) is 5.49. The summed E-state index contributed by atoms with van der Waals surface area (Å²) in [5.74, 6) is 0.418. The zero-order chi connectivity index (χ0) is 23.6.